The van der Waals surface area contributed by atoms with Crippen molar-refractivity contribution in [1.29, 1.82) is 0 Å². The van der Waals surface area contributed by atoms with Gasteiger partial charge in [0.2, 0.25) is 0 Å². The third-order valence-corrected chi connectivity index (χ3v) is 3.15. The lowest BCUT2D eigenvalue weighted by molar-refractivity contribution is 0.422. The summed E-state index contributed by atoms with van der Waals surface area (Å²) in [6.45, 7) is 4.23. The monoisotopic (exact) mass is 223 g/mol. The van der Waals surface area contributed by atoms with Gasteiger partial charge in [-0.3, -0.25) is 5.32 Å². The SMILES string of the molecule is CNC1(C)C=CNC(=NC2CCNCC2)N1. The minimum absolute atomic E-state index is 0.197. The maximum absolute atomic E-state index is 4.70. The van der Waals surface area contributed by atoms with Crippen LogP contribution in [0.3, 0.4) is 0 Å². The molecule has 5 nitrogen and oxygen atoms in total. The van der Waals surface area contributed by atoms with Crippen molar-refractivity contribution in [2.75, 3.05) is 20.1 Å². The number of aliphatic imine (C=N–C) groups is 1. The number of guanidine groups is 1. The molecule has 0 spiro atoms. The molecule has 5 heteroatoms. The Kier molecular flexibility index (Phi) is 3.46. The summed E-state index contributed by atoms with van der Waals surface area (Å²) < 4.78 is 0. The summed E-state index contributed by atoms with van der Waals surface area (Å²) >= 11 is 0. The minimum atomic E-state index is -0.197. The van der Waals surface area contributed by atoms with Crippen LogP contribution in [0.15, 0.2) is 17.3 Å². The van der Waals surface area contributed by atoms with E-state index in [1.807, 2.05) is 13.2 Å². The first-order valence-electron chi connectivity index (χ1n) is 5.92. The van der Waals surface area contributed by atoms with Gasteiger partial charge in [-0.1, -0.05) is 0 Å². The quantitative estimate of drug-likeness (QED) is 0.521. The van der Waals surface area contributed by atoms with Gasteiger partial charge in [0.05, 0.1) is 6.04 Å². The summed E-state index contributed by atoms with van der Waals surface area (Å²) in [5.41, 5.74) is -0.197. The smallest absolute Gasteiger partial charge is 0.197 e. The van der Waals surface area contributed by atoms with Crippen LogP contribution in [0.25, 0.3) is 0 Å². The lowest BCUT2D eigenvalue weighted by Crippen LogP contribution is -2.59. The molecule has 2 rings (SSSR count). The van der Waals surface area contributed by atoms with Gasteiger partial charge in [0.25, 0.3) is 0 Å². The molecule has 0 aromatic heterocycles. The molecule has 1 unspecified atom stereocenters. The van der Waals surface area contributed by atoms with E-state index in [4.69, 9.17) is 4.99 Å². The highest BCUT2D eigenvalue weighted by atomic mass is 15.3. The average molecular weight is 223 g/mol. The predicted molar refractivity (Wildman–Crippen MR) is 66.2 cm³/mol. The van der Waals surface area contributed by atoms with Gasteiger partial charge in [-0.05, 0) is 46.0 Å². The summed E-state index contributed by atoms with van der Waals surface area (Å²) in [6.07, 6.45) is 6.22. The maximum Gasteiger partial charge on any atom is 0.197 e. The van der Waals surface area contributed by atoms with E-state index in [0.29, 0.717) is 6.04 Å². The highest BCUT2D eigenvalue weighted by molar-refractivity contribution is 5.83. The summed E-state index contributed by atoms with van der Waals surface area (Å²) in [7, 11) is 1.94. The fraction of sp³-hybridized carbons (Fsp3) is 0.727. The van der Waals surface area contributed by atoms with Crippen molar-refractivity contribution < 1.29 is 0 Å². The van der Waals surface area contributed by atoms with Gasteiger partial charge in [0, 0.05) is 6.20 Å². The molecule has 2 heterocycles. The highest BCUT2D eigenvalue weighted by Gasteiger charge is 2.23. The van der Waals surface area contributed by atoms with E-state index >= 15 is 0 Å². The van der Waals surface area contributed by atoms with E-state index in [-0.39, 0.29) is 5.66 Å². The fourth-order valence-electron chi connectivity index (χ4n) is 1.94. The summed E-state index contributed by atoms with van der Waals surface area (Å²) in [6, 6.07) is 0.434. The molecule has 0 aromatic carbocycles. The van der Waals surface area contributed by atoms with Crippen LogP contribution in [0.5, 0.6) is 0 Å². The van der Waals surface area contributed by atoms with Crippen LogP contribution in [0.4, 0.5) is 0 Å². The predicted octanol–water partition coefficient (Wildman–Crippen LogP) is -0.263. The Morgan fingerprint density at radius 3 is 2.88 bits per heavy atom. The molecule has 1 saturated heterocycles. The molecule has 16 heavy (non-hydrogen) atoms. The lowest BCUT2D eigenvalue weighted by atomic mass is 10.1. The standard InChI is InChI=1S/C11H21N5/c1-11(12-2)5-8-14-10(16-11)15-9-3-6-13-7-4-9/h5,8-9,12-13H,3-4,6-7H2,1-2H3,(H2,14,15,16). The van der Waals surface area contributed by atoms with Gasteiger partial charge in [0.15, 0.2) is 5.96 Å². The van der Waals surface area contributed by atoms with Crippen LogP contribution < -0.4 is 21.3 Å². The van der Waals surface area contributed by atoms with E-state index in [9.17, 15) is 0 Å². The molecule has 4 N–H and O–H groups in total. The maximum atomic E-state index is 4.70. The number of rotatable bonds is 2. The topological polar surface area (TPSA) is 60.5 Å². The second kappa shape index (κ2) is 4.84. The van der Waals surface area contributed by atoms with Crippen molar-refractivity contribution in [3.05, 3.63) is 12.3 Å². The van der Waals surface area contributed by atoms with Gasteiger partial charge in [-0.25, -0.2) is 4.99 Å². The average Bonchev–Trinajstić information content (AvgIpc) is 2.30. The van der Waals surface area contributed by atoms with Crippen molar-refractivity contribution in [1.82, 2.24) is 21.3 Å². The molecule has 0 aromatic rings. The molecular weight excluding hydrogens is 202 g/mol. The molecule has 2 aliphatic heterocycles. The summed E-state index contributed by atoms with van der Waals surface area (Å²) in [5.74, 6) is 0.867. The van der Waals surface area contributed by atoms with Crippen molar-refractivity contribution in [2.45, 2.75) is 31.5 Å². The van der Waals surface area contributed by atoms with Crippen molar-refractivity contribution in [3.8, 4) is 0 Å². The number of likely N-dealkylation sites (N-methyl/N-ethyl adjacent to an activating group) is 1. The van der Waals surface area contributed by atoms with E-state index in [0.717, 1.165) is 31.9 Å². The molecule has 0 aliphatic carbocycles. The largest absolute Gasteiger partial charge is 0.335 e. The first kappa shape index (κ1) is 11.4. The Bertz CT molecular complexity index is 293. The van der Waals surface area contributed by atoms with Crippen LogP contribution in [-0.2, 0) is 0 Å². The van der Waals surface area contributed by atoms with Gasteiger partial charge in [-0.15, -0.1) is 0 Å². The van der Waals surface area contributed by atoms with Crippen molar-refractivity contribution >= 4 is 5.96 Å². The first-order valence-corrected chi connectivity index (χ1v) is 5.92. The van der Waals surface area contributed by atoms with Crippen LogP contribution >= 0.6 is 0 Å². The zero-order valence-electron chi connectivity index (χ0n) is 10.0. The normalized spacial score (nSPS) is 33.5. The Morgan fingerprint density at radius 1 is 1.44 bits per heavy atom. The molecule has 0 saturated carbocycles. The van der Waals surface area contributed by atoms with Crippen molar-refractivity contribution in [2.24, 2.45) is 4.99 Å². The molecule has 1 fully saturated rings. The lowest BCUT2D eigenvalue weighted by Gasteiger charge is -2.33. The Morgan fingerprint density at radius 2 is 2.19 bits per heavy atom. The zero-order chi connectivity index (χ0) is 11.4. The van der Waals surface area contributed by atoms with Crippen LogP contribution in [-0.4, -0.2) is 37.8 Å². The molecule has 2 aliphatic rings. The zero-order valence-corrected chi connectivity index (χ0v) is 10.0. The van der Waals surface area contributed by atoms with Gasteiger partial charge in [-0.2, -0.15) is 0 Å². The summed E-state index contributed by atoms with van der Waals surface area (Å²) in [4.78, 5) is 4.70. The second-order valence-electron chi connectivity index (χ2n) is 4.51. The Hall–Kier alpha value is -1.07. The van der Waals surface area contributed by atoms with E-state index in [1.54, 1.807) is 0 Å². The highest BCUT2D eigenvalue weighted by Crippen LogP contribution is 2.09. The van der Waals surface area contributed by atoms with Crippen LogP contribution in [0.2, 0.25) is 0 Å². The number of piperidine rings is 1. The van der Waals surface area contributed by atoms with Crippen LogP contribution in [0.1, 0.15) is 19.8 Å². The Labute approximate surface area is 96.8 Å². The van der Waals surface area contributed by atoms with Crippen molar-refractivity contribution in [3.63, 3.8) is 0 Å². The number of nitrogens with zero attached hydrogens (tertiary/aromatic N) is 1. The first-order chi connectivity index (χ1) is 7.72. The minimum Gasteiger partial charge on any atom is -0.335 e. The second-order valence-corrected chi connectivity index (χ2v) is 4.51. The van der Waals surface area contributed by atoms with E-state index in [1.165, 1.54) is 0 Å². The number of hydrogen-bond donors (Lipinski definition) is 4. The van der Waals surface area contributed by atoms with Gasteiger partial charge < -0.3 is 16.0 Å². The van der Waals surface area contributed by atoms with Gasteiger partial charge in [0.1, 0.15) is 5.66 Å². The molecule has 0 amide bonds. The fourth-order valence-corrected chi connectivity index (χ4v) is 1.94. The molecule has 90 valence electrons. The number of hydrogen-bond acceptors (Lipinski definition) is 3. The third-order valence-electron chi connectivity index (χ3n) is 3.15. The summed E-state index contributed by atoms with van der Waals surface area (Å²) in [5, 5.41) is 13.1. The third kappa shape index (κ3) is 2.74. The Balaban J connectivity index is 1.99. The number of nitrogens with one attached hydrogen (secondary N) is 4. The molecule has 0 bridgehead atoms. The van der Waals surface area contributed by atoms with E-state index in [2.05, 4.69) is 34.3 Å². The molecule has 0 radical (unpaired) electrons. The molecular formula is C11H21N5. The van der Waals surface area contributed by atoms with Crippen LogP contribution in [0, 0.1) is 0 Å². The van der Waals surface area contributed by atoms with Gasteiger partial charge >= 0.3 is 0 Å². The molecule has 1 atom stereocenters. The van der Waals surface area contributed by atoms with E-state index < -0.39 is 0 Å².